The Hall–Kier alpha value is -2.42. The SMILES string of the molecule is CC(C)C[C@H](O)C(O)[C@H](CC1CCCCC1)NC(=O)[C@@H](Cc1cscn1)NC(=O)C(Cc1ccccc1)CS(=O)(=O)N1CCN(C)CC1. The molecule has 2 aliphatic rings. The molecule has 2 fully saturated rings. The molecule has 0 bridgehead atoms. The van der Waals surface area contributed by atoms with Crippen molar-refractivity contribution >= 4 is 33.2 Å². The summed E-state index contributed by atoms with van der Waals surface area (Å²) in [5, 5.41) is 29.9. The summed E-state index contributed by atoms with van der Waals surface area (Å²) in [5.41, 5.74) is 3.10. The van der Waals surface area contributed by atoms with Crippen LogP contribution in [0.25, 0.3) is 0 Å². The van der Waals surface area contributed by atoms with Crippen LogP contribution in [0.15, 0.2) is 41.2 Å². The number of piperazine rings is 1. The monoisotopic (exact) mass is 705 g/mol. The van der Waals surface area contributed by atoms with Crippen molar-refractivity contribution in [3.63, 3.8) is 0 Å². The predicted molar refractivity (Wildman–Crippen MR) is 189 cm³/mol. The van der Waals surface area contributed by atoms with E-state index in [9.17, 15) is 28.2 Å². The Kier molecular flexibility index (Phi) is 14.8. The molecule has 1 saturated heterocycles. The van der Waals surface area contributed by atoms with E-state index in [0.29, 0.717) is 50.6 Å². The Morgan fingerprint density at radius 3 is 2.29 bits per heavy atom. The first-order valence-corrected chi connectivity index (χ1v) is 20.0. The summed E-state index contributed by atoms with van der Waals surface area (Å²) in [6, 6.07) is 7.52. The van der Waals surface area contributed by atoms with Crippen LogP contribution in [0.3, 0.4) is 0 Å². The molecule has 2 aromatic rings. The Bertz CT molecular complexity index is 1360. The second kappa shape index (κ2) is 18.5. The van der Waals surface area contributed by atoms with Gasteiger partial charge in [-0.05, 0) is 43.7 Å². The van der Waals surface area contributed by atoms with Crippen molar-refractivity contribution in [3.8, 4) is 0 Å². The maximum absolute atomic E-state index is 14.1. The molecule has 4 N–H and O–H groups in total. The fourth-order valence-electron chi connectivity index (χ4n) is 6.84. The van der Waals surface area contributed by atoms with Crippen LogP contribution in [0.2, 0.25) is 0 Å². The number of rotatable bonds is 17. The first-order chi connectivity index (χ1) is 22.9. The number of benzene rings is 1. The van der Waals surface area contributed by atoms with Crippen molar-refractivity contribution in [2.75, 3.05) is 39.0 Å². The van der Waals surface area contributed by atoms with Gasteiger partial charge in [0, 0.05) is 38.0 Å². The molecule has 2 heterocycles. The highest BCUT2D eigenvalue weighted by molar-refractivity contribution is 7.89. The van der Waals surface area contributed by atoms with Crippen LogP contribution in [0.1, 0.15) is 70.1 Å². The van der Waals surface area contributed by atoms with Gasteiger partial charge in [-0.1, -0.05) is 76.3 Å². The minimum absolute atomic E-state index is 0.102. The highest BCUT2D eigenvalue weighted by Crippen LogP contribution is 2.29. The standard InChI is InChI=1S/C35H55N5O6S2/c1-25(2)18-32(41)33(42)30(20-27-12-8-5-9-13-27)37-35(44)31(21-29-22-47-24-36-29)38-34(43)28(19-26-10-6-4-7-11-26)23-48(45,46)40-16-14-39(3)15-17-40/h4,6-7,10-11,22,24-25,27-28,30-33,41-42H,5,8-9,12-21,23H2,1-3H3,(H,37,44)(H,38,43)/t28?,30-,31+,32-,33?/m0/s1. The Labute approximate surface area is 290 Å². The summed E-state index contributed by atoms with van der Waals surface area (Å²) in [7, 11) is -1.82. The van der Waals surface area contributed by atoms with E-state index in [1.54, 1.807) is 5.51 Å². The van der Waals surface area contributed by atoms with E-state index in [4.69, 9.17) is 0 Å². The molecule has 1 aromatic heterocycles. The third-order valence-electron chi connectivity index (χ3n) is 9.65. The van der Waals surface area contributed by atoms with Gasteiger partial charge in [0.25, 0.3) is 0 Å². The molecule has 1 aliphatic heterocycles. The molecule has 2 unspecified atom stereocenters. The van der Waals surface area contributed by atoms with E-state index in [0.717, 1.165) is 31.2 Å². The van der Waals surface area contributed by atoms with Gasteiger partial charge in [-0.15, -0.1) is 11.3 Å². The number of hydrogen-bond donors (Lipinski definition) is 4. The van der Waals surface area contributed by atoms with Gasteiger partial charge in [-0.25, -0.2) is 13.4 Å². The zero-order valence-electron chi connectivity index (χ0n) is 28.7. The number of nitrogens with zero attached hydrogens (tertiary/aromatic N) is 3. The number of nitrogens with one attached hydrogen (secondary N) is 2. The largest absolute Gasteiger partial charge is 0.390 e. The van der Waals surface area contributed by atoms with E-state index in [1.807, 2.05) is 56.6 Å². The number of aliphatic hydroxyl groups is 2. The van der Waals surface area contributed by atoms with Crippen molar-refractivity contribution in [2.24, 2.45) is 17.8 Å². The normalized spacial score (nSPS) is 20.1. The Morgan fingerprint density at radius 1 is 0.979 bits per heavy atom. The molecule has 4 rings (SSSR count). The third kappa shape index (κ3) is 11.9. The molecule has 0 radical (unpaired) electrons. The summed E-state index contributed by atoms with van der Waals surface area (Å²) >= 11 is 1.38. The summed E-state index contributed by atoms with van der Waals surface area (Å²) in [6.45, 7) is 5.90. The number of sulfonamides is 1. The van der Waals surface area contributed by atoms with E-state index < -0.39 is 52.0 Å². The Balaban J connectivity index is 1.56. The molecular formula is C35H55N5O6S2. The number of aromatic nitrogens is 1. The quantitative estimate of drug-likeness (QED) is 0.196. The van der Waals surface area contributed by atoms with Gasteiger partial charge in [-0.3, -0.25) is 9.59 Å². The van der Waals surface area contributed by atoms with E-state index in [2.05, 4.69) is 20.5 Å². The van der Waals surface area contributed by atoms with Gasteiger partial charge in [0.2, 0.25) is 21.8 Å². The van der Waals surface area contributed by atoms with Crippen LogP contribution in [0, 0.1) is 17.8 Å². The molecule has 48 heavy (non-hydrogen) atoms. The van der Waals surface area contributed by atoms with Gasteiger partial charge in [-0.2, -0.15) is 4.31 Å². The van der Waals surface area contributed by atoms with E-state index in [-0.39, 0.29) is 24.5 Å². The van der Waals surface area contributed by atoms with Gasteiger partial charge in [0.1, 0.15) is 12.1 Å². The maximum atomic E-state index is 14.1. The van der Waals surface area contributed by atoms with Crippen LogP contribution in [0.4, 0.5) is 0 Å². The van der Waals surface area contributed by atoms with Crippen molar-refractivity contribution in [3.05, 3.63) is 52.5 Å². The molecular weight excluding hydrogens is 651 g/mol. The number of amides is 2. The molecule has 1 aliphatic carbocycles. The highest BCUT2D eigenvalue weighted by Gasteiger charge is 2.36. The van der Waals surface area contributed by atoms with Gasteiger partial charge >= 0.3 is 0 Å². The lowest BCUT2D eigenvalue weighted by Crippen LogP contribution is -2.57. The molecule has 5 atom stereocenters. The van der Waals surface area contributed by atoms with Crippen LogP contribution in [-0.4, -0.2) is 108 Å². The van der Waals surface area contributed by atoms with Crippen LogP contribution in [0.5, 0.6) is 0 Å². The van der Waals surface area contributed by atoms with Gasteiger partial charge < -0.3 is 25.7 Å². The second-order valence-electron chi connectivity index (χ2n) is 14.2. The zero-order chi connectivity index (χ0) is 34.7. The topological polar surface area (TPSA) is 152 Å². The van der Waals surface area contributed by atoms with Crippen LogP contribution < -0.4 is 10.6 Å². The number of hydrogen-bond acceptors (Lipinski definition) is 9. The summed E-state index contributed by atoms with van der Waals surface area (Å²) in [5.74, 6) is -1.89. The molecule has 13 heteroatoms. The number of carbonyl (C=O) groups excluding carboxylic acids is 2. The molecule has 1 saturated carbocycles. The molecule has 268 valence electrons. The van der Waals surface area contributed by atoms with Crippen molar-refractivity contribution in [1.29, 1.82) is 0 Å². The minimum atomic E-state index is -3.77. The van der Waals surface area contributed by atoms with Gasteiger partial charge in [0.05, 0.1) is 35.0 Å². The second-order valence-corrected chi connectivity index (χ2v) is 16.9. The molecule has 2 amide bonds. The lowest BCUT2D eigenvalue weighted by Gasteiger charge is -2.34. The van der Waals surface area contributed by atoms with E-state index in [1.165, 1.54) is 22.1 Å². The maximum Gasteiger partial charge on any atom is 0.243 e. The fraction of sp³-hybridized carbons (Fsp3) is 0.686. The van der Waals surface area contributed by atoms with Crippen molar-refractivity contribution in [2.45, 2.75) is 95.9 Å². The molecule has 11 nitrogen and oxygen atoms in total. The lowest BCUT2D eigenvalue weighted by atomic mass is 9.82. The van der Waals surface area contributed by atoms with Crippen molar-refractivity contribution in [1.82, 2.24) is 24.8 Å². The average molecular weight is 706 g/mol. The Morgan fingerprint density at radius 2 is 1.67 bits per heavy atom. The number of likely N-dealkylation sites (N-methyl/N-ethyl adjacent to an activating group) is 1. The predicted octanol–water partition coefficient (Wildman–Crippen LogP) is 2.83. The van der Waals surface area contributed by atoms with Gasteiger partial charge in [0.15, 0.2) is 0 Å². The molecule has 0 spiro atoms. The molecule has 1 aromatic carbocycles. The number of thiazole rings is 1. The lowest BCUT2D eigenvalue weighted by molar-refractivity contribution is -0.132. The number of aliphatic hydroxyl groups excluding tert-OH is 2. The average Bonchev–Trinajstić information content (AvgIpc) is 3.57. The first kappa shape index (κ1) is 38.4. The van der Waals surface area contributed by atoms with Crippen LogP contribution >= 0.6 is 11.3 Å². The van der Waals surface area contributed by atoms with Crippen molar-refractivity contribution < 1.29 is 28.2 Å². The summed E-state index contributed by atoms with van der Waals surface area (Å²) in [6.07, 6.45) is 4.38. The highest BCUT2D eigenvalue weighted by atomic mass is 32.2. The zero-order valence-corrected chi connectivity index (χ0v) is 30.3. The van der Waals surface area contributed by atoms with E-state index >= 15 is 0 Å². The summed E-state index contributed by atoms with van der Waals surface area (Å²) in [4.78, 5) is 34.6. The summed E-state index contributed by atoms with van der Waals surface area (Å²) < 4.78 is 28.7. The first-order valence-electron chi connectivity index (χ1n) is 17.5. The van der Waals surface area contributed by atoms with Crippen LogP contribution in [-0.2, 0) is 32.5 Å². The fourth-order valence-corrected chi connectivity index (χ4v) is 9.12. The third-order valence-corrected chi connectivity index (χ3v) is 12.3. The minimum Gasteiger partial charge on any atom is -0.390 e. The smallest absolute Gasteiger partial charge is 0.243 e. The number of carbonyl (C=O) groups is 2.